The smallest absolute Gasteiger partial charge is 0.181 e. The molecule has 0 aliphatic carbocycles. The van der Waals surface area contributed by atoms with Crippen LogP contribution in [0.2, 0.25) is 5.02 Å². The second-order valence-electron chi connectivity index (χ2n) is 4.41. The van der Waals surface area contributed by atoms with Crippen LogP contribution in [0.3, 0.4) is 0 Å². The first-order valence-corrected chi connectivity index (χ1v) is 7.62. The van der Waals surface area contributed by atoms with Crippen molar-refractivity contribution in [2.45, 2.75) is 0 Å². The van der Waals surface area contributed by atoms with Gasteiger partial charge in [-0.1, -0.05) is 27.5 Å². The van der Waals surface area contributed by atoms with Gasteiger partial charge < -0.3 is 5.32 Å². The molecule has 3 rings (SSSR count). The summed E-state index contributed by atoms with van der Waals surface area (Å²) < 4.78 is 2.66. The molecule has 0 saturated carbocycles. The molecule has 0 fully saturated rings. The fourth-order valence-corrected chi connectivity index (χ4v) is 2.21. The van der Waals surface area contributed by atoms with Crippen molar-refractivity contribution < 1.29 is 0 Å². The van der Waals surface area contributed by atoms with Crippen molar-refractivity contribution in [1.29, 1.82) is 0 Å². The number of nitrogens with one attached hydrogen (secondary N) is 1. The van der Waals surface area contributed by atoms with Crippen LogP contribution in [0.25, 0.3) is 11.8 Å². The minimum absolute atomic E-state index is 0.629. The SMILES string of the molecule is Clc1ccc(NC=Cc2nnnn2-c2ccc(Br)cc2)cc1. The van der Waals surface area contributed by atoms with Crippen LogP contribution < -0.4 is 5.32 Å². The zero-order valence-corrected chi connectivity index (χ0v) is 13.7. The number of aromatic nitrogens is 4. The van der Waals surface area contributed by atoms with E-state index in [1.165, 1.54) is 0 Å². The molecule has 5 nitrogen and oxygen atoms in total. The van der Waals surface area contributed by atoms with Crippen LogP contribution in [0.1, 0.15) is 5.82 Å². The molecule has 1 heterocycles. The minimum atomic E-state index is 0.629. The molecule has 0 spiro atoms. The molecule has 1 aromatic heterocycles. The Bertz CT molecular complexity index is 780. The number of hydrogen-bond donors (Lipinski definition) is 1. The average molecular weight is 377 g/mol. The molecule has 0 unspecified atom stereocenters. The van der Waals surface area contributed by atoms with Crippen LogP contribution in [0.15, 0.2) is 59.2 Å². The summed E-state index contributed by atoms with van der Waals surface area (Å²) in [6.07, 6.45) is 3.58. The van der Waals surface area contributed by atoms with Crippen molar-refractivity contribution in [3.63, 3.8) is 0 Å². The maximum atomic E-state index is 5.85. The lowest BCUT2D eigenvalue weighted by Crippen LogP contribution is -1.99. The number of rotatable bonds is 4. The summed E-state index contributed by atoms with van der Waals surface area (Å²) in [5.41, 5.74) is 1.82. The maximum Gasteiger partial charge on any atom is 0.181 e. The van der Waals surface area contributed by atoms with Crippen LogP contribution in [0, 0.1) is 0 Å². The van der Waals surface area contributed by atoms with E-state index in [4.69, 9.17) is 11.6 Å². The highest BCUT2D eigenvalue weighted by atomic mass is 79.9. The van der Waals surface area contributed by atoms with Gasteiger partial charge in [0.15, 0.2) is 5.82 Å². The third-order valence-corrected chi connectivity index (χ3v) is 3.67. The van der Waals surface area contributed by atoms with E-state index in [1.54, 1.807) is 17.0 Å². The summed E-state index contributed by atoms with van der Waals surface area (Å²) in [5, 5.41) is 15.6. The van der Waals surface area contributed by atoms with E-state index in [0.29, 0.717) is 10.8 Å². The highest BCUT2D eigenvalue weighted by Crippen LogP contribution is 2.15. The Balaban J connectivity index is 1.76. The standard InChI is InChI=1S/C15H11BrClN5/c16-11-1-7-14(8-2-11)22-15(19-20-21-22)9-10-18-13-5-3-12(17)4-6-13/h1-10,18H. The van der Waals surface area contributed by atoms with Crippen molar-refractivity contribution >= 4 is 39.3 Å². The number of hydrogen-bond acceptors (Lipinski definition) is 4. The average Bonchev–Trinajstić information content (AvgIpc) is 2.98. The lowest BCUT2D eigenvalue weighted by molar-refractivity contribution is 0.786. The summed E-state index contributed by atoms with van der Waals surface area (Å²) in [6.45, 7) is 0. The molecule has 2 aromatic carbocycles. The molecule has 0 amide bonds. The van der Waals surface area contributed by atoms with E-state index in [0.717, 1.165) is 15.8 Å². The molecule has 3 aromatic rings. The van der Waals surface area contributed by atoms with Gasteiger partial charge in [-0.2, -0.15) is 4.68 Å². The first-order valence-electron chi connectivity index (χ1n) is 6.45. The number of halogens is 2. The van der Waals surface area contributed by atoms with E-state index in [2.05, 4.69) is 36.8 Å². The van der Waals surface area contributed by atoms with Crippen LogP contribution >= 0.6 is 27.5 Å². The highest BCUT2D eigenvalue weighted by Gasteiger charge is 2.04. The van der Waals surface area contributed by atoms with Gasteiger partial charge in [-0.3, -0.25) is 0 Å². The van der Waals surface area contributed by atoms with Gasteiger partial charge in [0.2, 0.25) is 0 Å². The van der Waals surface area contributed by atoms with Crippen molar-refractivity contribution in [3.05, 3.63) is 70.1 Å². The van der Waals surface area contributed by atoms with Gasteiger partial charge in [0.05, 0.1) is 5.69 Å². The molecule has 7 heteroatoms. The second-order valence-corrected chi connectivity index (χ2v) is 5.76. The lowest BCUT2D eigenvalue weighted by atomic mass is 10.3. The largest absolute Gasteiger partial charge is 0.362 e. The fraction of sp³-hybridized carbons (Fsp3) is 0. The van der Waals surface area contributed by atoms with E-state index >= 15 is 0 Å². The molecule has 0 radical (unpaired) electrons. The topological polar surface area (TPSA) is 55.6 Å². The summed E-state index contributed by atoms with van der Waals surface area (Å²) in [4.78, 5) is 0. The molecule has 0 atom stereocenters. The number of tetrazole rings is 1. The molecule has 22 heavy (non-hydrogen) atoms. The van der Waals surface area contributed by atoms with Gasteiger partial charge in [-0.25, -0.2) is 0 Å². The third kappa shape index (κ3) is 3.52. The predicted molar refractivity (Wildman–Crippen MR) is 91.0 cm³/mol. The van der Waals surface area contributed by atoms with Crippen molar-refractivity contribution in [2.75, 3.05) is 5.32 Å². The number of benzene rings is 2. The van der Waals surface area contributed by atoms with E-state index < -0.39 is 0 Å². The first kappa shape index (κ1) is 14.7. The number of anilines is 1. The van der Waals surface area contributed by atoms with Gasteiger partial charge >= 0.3 is 0 Å². The molecule has 0 saturated heterocycles. The normalized spacial score (nSPS) is 11.0. The van der Waals surface area contributed by atoms with Crippen molar-refractivity contribution in [1.82, 2.24) is 20.2 Å². The Morgan fingerprint density at radius 1 is 1.05 bits per heavy atom. The molecular formula is C15H11BrClN5. The Hall–Kier alpha value is -2.18. The van der Waals surface area contributed by atoms with E-state index in [-0.39, 0.29) is 0 Å². The molecule has 0 bridgehead atoms. The Labute approximate surface area is 140 Å². The van der Waals surface area contributed by atoms with Crippen LogP contribution in [0.4, 0.5) is 5.69 Å². The van der Waals surface area contributed by atoms with Gasteiger partial charge in [0, 0.05) is 27.5 Å². The molecule has 0 aliphatic heterocycles. The fourth-order valence-electron chi connectivity index (χ4n) is 1.82. The monoisotopic (exact) mass is 375 g/mol. The van der Waals surface area contributed by atoms with Crippen molar-refractivity contribution in [3.8, 4) is 5.69 Å². The Morgan fingerprint density at radius 3 is 2.50 bits per heavy atom. The van der Waals surface area contributed by atoms with Crippen LogP contribution in [0.5, 0.6) is 0 Å². The Kier molecular flexibility index (Phi) is 4.50. The highest BCUT2D eigenvalue weighted by molar-refractivity contribution is 9.10. The predicted octanol–water partition coefficient (Wildman–Crippen LogP) is 4.16. The summed E-state index contributed by atoms with van der Waals surface area (Å²) in [6, 6.07) is 15.2. The molecule has 1 N–H and O–H groups in total. The van der Waals surface area contributed by atoms with Crippen LogP contribution in [-0.4, -0.2) is 20.2 Å². The Morgan fingerprint density at radius 2 is 1.77 bits per heavy atom. The van der Waals surface area contributed by atoms with Gasteiger partial charge in [0.1, 0.15) is 0 Å². The molecule has 0 aliphatic rings. The van der Waals surface area contributed by atoms with Crippen LogP contribution in [-0.2, 0) is 0 Å². The second kappa shape index (κ2) is 6.72. The molecule has 110 valence electrons. The summed E-state index contributed by atoms with van der Waals surface area (Å²) in [7, 11) is 0. The van der Waals surface area contributed by atoms with Gasteiger partial charge in [0.25, 0.3) is 0 Å². The van der Waals surface area contributed by atoms with E-state index in [1.807, 2.05) is 48.5 Å². The van der Waals surface area contributed by atoms with Gasteiger partial charge in [-0.05, 0) is 59.0 Å². The zero-order valence-electron chi connectivity index (χ0n) is 11.3. The van der Waals surface area contributed by atoms with Gasteiger partial charge in [-0.15, -0.1) is 5.10 Å². The zero-order chi connectivity index (χ0) is 15.4. The molecular weight excluding hydrogens is 366 g/mol. The maximum absolute atomic E-state index is 5.85. The number of nitrogens with zero attached hydrogens (tertiary/aromatic N) is 4. The summed E-state index contributed by atoms with van der Waals surface area (Å²) in [5.74, 6) is 0.629. The quantitative estimate of drug-likeness (QED) is 0.743. The summed E-state index contributed by atoms with van der Waals surface area (Å²) >= 11 is 9.25. The van der Waals surface area contributed by atoms with Crippen molar-refractivity contribution in [2.24, 2.45) is 0 Å². The van der Waals surface area contributed by atoms with E-state index in [9.17, 15) is 0 Å². The minimum Gasteiger partial charge on any atom is -0.362 e. The first-order chi connectivity index (χ1) is 10.7. The lowest BCUT2D eigenvalue weighted by Gasteiger charge is -2.02. The third-order valence-electron chi connectivity index (χ3n) is 2.89.